The topological polar surface area (TPSA) is 102 Å². The Balaban J connectivity index is 1.85. The van der Waals surface area contributed by atoms with Gasteiger partial charge in [-0.25, -0.2) is 4.68 Å². The van der Waals surface area contributed by atoms with Crippen molar-refractivity contribution in [3.63, 3.8) is 0 Å². The number of methoxy groups -OCH3 is 1. The molecule has 168 valence electrons. The lowest BCUT2D eigenvalue weighted by molar-refractivity contribution is 0.0997. The Bertz CT molecular complexity index is 995. The number of carbonyl (C=O) groups excluding carboxylic acids is 1. The van der Waals surface area contributed by atoms with E-state index in [0.717, 1.165) is 56.3 Å². The summed E-state index contributed by atoms with van der Waals surface area (Å²) in [6, 6.07) is 3.64. The summed E-state index contributed by atoms with van der Waals surface area (Å²) in [4.78, 5) is 12.3. The largest absolute Gasteiger partial charge is 0.496 e. The van der Waals surface area contributed by atoms with E-state index in [2.05, 4.69) is 26.1 Å². The first kappa shape index (κ1) is 21.7. The second-order valence-corrected chi connectivity index (χ2v) is 9.66. The van der Waals surface area contributed by atoms with Gasteiger partial charge >= 0.3 is 0 Å². The fourth-order valence-corrected chi connectivity index (χ4v) is 5.07. The first-order valence-corrected chi connectivity index (χ1v) is 11.3. The van der Waals surface area contributed by atoms with Gasteiger partial charge in [-0.15, -0.1) is 0 Å². The van der Waals surface area contributed by atoms with E-state index >= 15 is 0 Å². The van der Waals surface area contributed by atoms with Crippen LogP contribution in [0.25, 0.3) is 5.69 Å². The zero-order valence-corrected chi connectivity index (χ0v) is 19.0. The van der Waals surface area contributed by atoms with Gasteiger partial charge in [0.2, 0.25) is 0 Å². The lowest BCUT2D eigenvalue weighted by Gasteiger charge is -2.30. The molecule has 4 N–H and O–H groups in total. The second-order valence-electron chi connectivity index (χ2n) is 9.66. The number of primary amides is 1. The number of fused-ring (bicyclic) bond motifs is 1. The van der Waals surface area contributed by atoms with Gasteiger partial charge in [-0.2, -0.15) is 5.10 Å². The van der Waals surface area contributed by atoms with Gasteiger partial charge in [0.05, 0.1) is 36.3 Å². The minimum absolute atomic E-state index is 0.116. The zero-order valence-electron chi connectivity index (χ0n) is 19.0. The molecule has 31 heavy (non-hydrogen) atoms. The molecule has 0 bridgehead atoms. The molecule has 0 saturated heterocycles. The first-order valence-electron chi connectivity index (χ1n) is 11.3. The van der Waals surface area contributed by atoms with Crippen LogP contribution < -0.4 is 15.8 Å². The Hall–Kier alpha value is -2.54. The van der Waals surface area contributed by atoms with Crippen molar-refractivity contribution in [1.82, 2.24) is 9.78 Å². The number of hydrogen-bond acceptors (Lipinski definition) is 5. The van der Waals surface area contributed by atoms with Crippen molar-refractivity contribution in [1.29, 1.82) is 0 Å². The van der Waals surface area contributed by atoms with Crippen LogP contribution in [0.2, 0.25) is 0 Å². The highest BCUT2D eigenvalue weighted by atomic mass is 16.5. The van der Waals surface area contributed by atoms with Gasteiger partial charge in [0.25, 0.3) is 5.91 Å². The van der Waals surface area contributed by atoms with Crippen LogP contribution in [0.15, 0.2) is 12.1 Å². The van der Waals surface area contributed by atoms with Crippen molar-refractivity contribution in [2.75, 3.05) is 12.4 Å². The normalized spacial score (nSPS) is 22.2. The minimum Gasteiger partial charge on any atom is -0.496 e. The fourth-order valence-electron chi connectivity index (χ4n) is 5.07. The summed E-state index contributed by atoms with van der Waals surface area (Å²) in [6.07, 6.45) is 6.10. The smallest absolute Gasteiger partial charge is 0.254 e. The van der Waals surface area contributed by atoms with Crippen molar-refractivity contribution in [3.05, 3.63) is 34.6 Å². The molecule has 1 heterocycles. The Morgan fingerprint density at radius 3 is 2.77 bits per heavy atom. The summed E-state index contributed by atoms with van der Waals surface area (Å²) < 4.78 is 7.59. The molecule has 0 radical (unpaired) electrons. The number of aliphatic hydroxyl groups is 1. The number of amides is 1. The molecule has 1 aromatic carbocycles. The molecule has 2 aromatic rings. The van der Waals surface area contributed by atoms with Gasteiger partial charge in [0.1, 0.15) is 11.3 Å². The average Bonchev–Trinajstić information content (AvgIpc) is 3.29. The second kappa shape index (κ2) is 8.19. The van der Waals surface area contributed by atoms with Crippen LogP contribution in [0, 0.1) is 5.41 Å². The van der Waals surface area contributed by atoms with Crippen LogP contribution in [0.3, 0.4) is 0 Å². The molecule has 0 aliphatic heterocycles. The van der Waals surface area contributed by atoms with Gasteiger partial charge < -0.3 is 20.9 Å². The molecular formula is C24H34N4O3. The molecule has 7 nitrogen and oxygen atoms in total. The molecule has 4 rings (SSSR count). The molecule has 2 aliphatic carbocycles. The van der Waals surface area contributed by atoms with Crippen molar-refractivity contribution >= 4 is 11.6 Å². The standard InChI is InChI=1S/C24H34N4O3/c1-5-16-15-9-10-24(2,3)13-19(15)28(27-16)14-11-18(26-17-7-6-8-20(17)29)22(23(25)30)21(12-14)31-4/h11-12,17,20,26,29H,5-10,13H2,1-4H3,(H2,25,30)/t17-,20-/m0/s1. The third-order valence-electron chi connectivity index (χ3n) is 6.82. The number of rotatable bonds is 6. The van der Waals surface area contributed by atoms with E-state index in [1.165, 1.54) is 11.3 Å². The third-order valence-corrected chi connectivity index (χ3v) is 6.82. The number of ether oxygens (including phenoxy) is 1. The van der Waals surface area contributed by atoms with Crippen LogP contribution in [-0.4, -0.2) is 40.0 Å². The summed E-state index contributed by atoms with van der Waals surface area (Å²) >= 11 is 0. The number of carbonyl (C=O) groups is 1. The van der Waals surface area contributed by atoms with Crippen molar-refractivity contribution < 1.29 is 14.6 Å². The number of nitrogens with zero attached hydrogens (tertiary/aromatic N) is 2. The van der Waals surface area contributed by atoms with E-state index in [-0.39, 0.29) is 11.5 Å². The predicted molar refractivity (Wildman–Crippen MR) is 121 cm³/mol. The maximum Gasteiger partial charge on any atom is 0.254 e. The summed E-state index contributed by atoms with van der Waals surface area (Å²) in [5.41, 5.74) is 11.4. The molecule has 7 heteroatoms. The number of anilines is 1. The van der Waals surface area contributed by atoms with E-state index in [9.17, 15) is 9.90 Å². The molecule has 1 fully saturated rings. The highest BCUT2D eigenvalue weighted by Gasteiger charge is 2.32. The van der Waals surface area contributed by atoms with E-state index in [1.807, 2.05) is 16.8 Å². The van der Waals surface area contributed by atoms with E-state index in [1.54, 1.807) is 7.11 Å². The molecule has 2 atom stereocenters. The number of aliphatic hydroxyl groups excluding tert-OH is 1. The highest BCUT2D eigenvalue weighted by Crippen LogP contribution is 2.39. The molecular weight excluding hydrogens is 392 g/mol. The van der Waals surface area contributed by atoms with Crippen molar-refractivity contribution in [2.24, 2.45) is 11.1 Å². The minimum atomic E-state index is -0.559. The monoisotopic (exact) mass is 426 g/mol. The number of aryl methyl sites for hydroxylation is 1. The van der Waals surface area contributed by atoms with Crippen LogP contribution in [0.1, 0.15) is 73.8 Å². The zero-order chi connectivity index (χ0) is 22.3. The maximum atomic E-state index is 12.3. The Morgan fingerprint density at radius 2 is 2.16 bits per heavy atom. The predicted octanol–water partition coefficient (Wildman–Crippen LogP) is 3.38. The van der Waals surface area contributed by atoms with E-state index in [4.69, 9.17) is 15.6 Å². The van der Waals surface area contributed by atoms with E-state index in [0.29, 0.717) is 17.0 Å². The quantitative estimate of drug-likeness (QED) is 0.657. The molecule has 0 spiro atoms. The summed E-state index contributed by atoms with van der Waals surface area (Å²) in [7, 11) is 1.54. The SMILES string of the molecule is CCc1nn(-c2cc(N[C@H]3CCC[C@@H]3O)c(C(N)=O)c(OC)c2)c2c1CCC(C)(C)C2. The Labute approximate surface area is 184 Å². The lowest BCUT2D eigenvalue weighted by Crippen LogP contribution is -2.29. The molecule has 1 saturated carbocycles. The van der Waals surface area contributed by atoms with Crippen molar-refractivity contribution in [3.8, 4) is 11.4 Å². The first-order chi connectivity index (χ1) is 14.7. The molecule has 0 unspecified atom stereocenters. The molecule has 2 aliphatic rings. The number of hydrogen-bond donors (Lipinski definition) is 3. The lowest BCUT2D eigenvalue weighted by atomic mass is 9.76. The summed E-state index contributed by atoms with van der Waals surface area (Å²) in [5.74, 6) is -0.145. The van der Waals surface area contributed by atoms with Crippen LogP contribution in [-0.2, 0) is 19.3 Å². The van der Waals surface area contributed by atoms with Gasteiger partial charge in [-0.05, 0) is 62.0 Å². The number of nitrogens with two attached hydrogens (primary N) is 1. The number of benzene rings is 1. The van der Waals surface area contributed by atoms with Crippen LogP contribution in [0.4, 0.5) is 5.69 Å². The van der Waals surface area contributed by atoms with Crippen LogP contribution in [0.5, 0.6) is 5.75 Å². The Morgan fingerprint density at radius 1 is 1.39 bits per heavy atom. The molecule has 1 amide bonds. The summed E-state index contributed by atoms with van der Waals surface area (Å²) in [6.45, 7) is 6.73. The third kappa shape index (κ3) is 4.03. The highest BCUT2D eigenvalue weighted by molar-refractivity contribution is 6.02. The maximum absolute atomic E-state index is 12.3. The average molecular weight is 427 g/mol. The van der Waals surface area contributed by atoms with Gasteiger partial charge in [-0.1, -0.05) is 20.8 Å². The number of aromatic nitrogens is 2. The fraction of sp³-hybridized carbons (Fsp3) is 0.583. The van der Waals surface area contributed by atoms with Gasteiger partial charge in [-0.3, -0.25) is 4.79 Å². The molecule has 1 aromatic heterocycles. The van der Waals surface area contributed by atoms with Gasteiger partial charge in [0, 0.05) is 11.8 Å². The van der Waals surface area contributed by atoms with Gasteiger partial charge in [0.15, 0.2) is 0 Å². The van der Waals surface area contributed by atoms with E-state index < -0.39 is 12.0 Å². The summed E-state index contributed by atoms with van der Waals surface area (Å²) in [5, 5.41) is 18.6. The Kier molecular flexibility index (Phi) is 5.73. The number of nitrogens with one attached hydrogen (secondary N) is 1. The van der Waals surface area contributed by atoms with Crippen LogP contribution >= 0.6 is 0 Å². The van der Waals surface area contributed by atoms with Crippen molar-refractivity contribution in [2.45, 2.75) is 77.9 Å².